The zero-order chi connectivity index (χ0) is 37.3. The van der Waals surface area contributed by atoms with Crippen LogP contribution >= 0.6 is 0 Å². The van der Waals surface area contributed by atoms with E-state index in [9.17, 15) is 0 Å². The molecule has 0 atom stereocenters. The molecule has 0 aliphatic heterocycles. The Morgan fingerprint density at radius 3 is 1.88 bits per heavy atom. The van der Waals surface area contributed by atoms with E-state index in [-0.39, 0.29) is 20.1 Å². The Bertz CT molecular complexity index is 3030. The Morgan fingerprint density at radius 1 is 0.456 bits per heavy atom. The van der Waals surface area contributed by atoms with Gasteiger partial charge in [0.15, 0.2) is 0 Å². The maximum atomic E-state index is 6.11. The number of nitrogens with zero attached hydrogens (tertiary/aromatic N) is 4. The van der Waals surface area contributed by atoms with Crippen LogP contribution in [0.15, 0.2) is 193 Å². The minimum atomic E-state index is 0. The summed E-state index contributed by atoms with van der Waals surface area (Å²) in [6, 6.07) is 69.3. The molecule has 5 nitrogen and oxygen atoms in total. The molecule has 0 spiro atoms. The monoisotopic (exact) mass is 908 g/mol. The summed E-state index contributed by atoms with van der Waals surface area (Å²) in [7, 11) is 0. The predicted octanol–water partition coefficient (Wildman–Crippen LogP) is 12.6. The Labute approximate surface area is 343 Å². The zero-order valence-electron chi connectivity index (χ0n) is 30.4. The van der Waals surface area contributed by atoms with Gasteiger partial charge in [0.2, 0.25) is 0 Å². The molecule has 0 aliphatic carbocycles. The second-order valence-corrected chi connectivity index (χ2v) is 13.4. The fraction of sp³-hybridized carbons (Fsp3) is 0. The molecule has 0 saturated heterocycles. The Morgan fingerprint density at radius 2 is 1.12 bits per heavy atom. The average Bonchev–Trinajstić information content (AvgIpc) is 3.83. The van der Waals surface area contributed by atoms with Gasteiger partial charge in [-0.1, -0.05) is 101 Å². The Hall–Kier alpha value is -6.98. The third-order valence-electron chi connectivity index (χ3n) is 9.90. The molecule has 11 rings (SSSR count). The second-order valence-electron chi connectivity index (χ2n) is 13.4. The number of fused-ring (bicyclic) bond motifs is 6. The van der Waals surface area contributed by atoms with Gasteiger partial charge in [0.25, 0.3) is 0 Å². The number of para-hydroxylation sites is 3. The summed E-state index contributed by atoms with van der Waals surface area (Å²) in [5.41, 5.74) is 11.7. The van der Waals surface area contributed by atoms with Gasteiger partial charge in [-0.05, 0) is 59.1 Å². The van der Waals surface area contributed by atoms with Gasteiger partial charge in [0.1, 0.15) is 17.0 Å². The molecule has 11 aromatic rings. The Balaban J connectivity index is 0.000000149. The van der Waals surface area contributed by atoms with Crippen molar-refractivity contribution in [2.24, 2.45) is 0 Å². The van der Waals surface area contributed by atoms with Gasteiger partial charge >= 0.3 is 20.1 Å². The van der Waals surface area contributed by atoms with Gasteiger partial charge in [-0.25, -0.2) is 0 Å². The standard InChI is InChI=1S/C28H17N2O.C23H14N2.Ir/c1-2-10-27-23(7-1)24-12-11-19(18-28(24)31-27)20-15-21(25-8-3-5-13-29-25)17-22(16-20)26-9-4-6-14-30-26;1-2-9-17(10-3-1)20-13-8-16-23(24-20)25-21-14-6-4-11-18(21)19-12-5-7-15-22(19)25;/h1-16,18H;1-9,11-14,16H;/q-1;-2;+3. The van der Waals surface area contributed by atoms with Crippen LogP contribution in [-0.2, 0) is 20.1 Å². The molecule has 6 heteroatoms. The topological polar surface area (TPSA) is 56.7 Å². The number of pyridine rings is 3. The van der Waals surface area contributed by atoms with Crippen LogP contribution in [0, 0.1) is 18.2 Å². The summed E-state index contributed by atoms with van der Waals surface area (Å²) in [5.74, 6) is 0.892. The SMILES string of the molecule is [Ir+3].[c-]1c(-c2ccccn2)cc(-c2ccc3c(c2)oc2ccccc23)cc1-c1ccccn1.[c-]1ccccc1-c1cccc(-n2c3[c-]cccc3c3ccccc32)n1. The molecule has 0 saturated carbocycles. The Kier molecular flexibility index (Phi) is 9.80. The van der Waals surface area contributed by atoms with Crippen molar-refractivity contribution < 1.29 is 24.5 Å². The van der Waals surface area contributed by atoms with Crippen molar-refractivity contribution in [3.63, 3.8) is 0 Å². The molecule has 5 aromatic heterocycles. The average molecular weight is 908 g/mol. The molecule has 0 fully saturated rings. The third kappa shape index (κ3) is 6.93. The van der Waals surface area contributed by atoms with Gasteiger partial charge in [-0.2, -0.15) is 24.3 Å². The molecule has 0 amide bonds. The molecule has 5 heterocycles. The summed E-state index contributed by atoms with van der Waals surface area (Å²) in [4.78, 5) is 14.0. The van der Waals surface area contributed by atoms with E-state index in [2.05, 4.69) is 99.5 Å². The van der Waals surface area contributed by atoms with E-state index in [1.807, 2.05) is 109 Å². The first-order valence-corrected chi connectivity index (χ1v) is 18.4. The van der Waals surface area contributed by atoms with E-state index in [0.29, 0.717) is 0 Å². The normalized spacial score (nSPS) is 11.0. The fourth-order valence-corrected chi connectivity index (χ4v) is 7.30. The number of hydrogen-bond donors (Lipinski definition) is 0. The maximum absolute atomic E-state index is 6.11. The number of aromatic nitrogens is 4. The minimum absolute atomic E-state index is 0. The van der Waals surface area contributed by atoms with Crippen LogP contribution in [0.3, 0.4) is 0 Å². The van der Waals surface area contributed by atoms with Crippen LogP contribution in [0.5, 0.6) is 0 Å². The molecular formula is C51H31IrN4O. The van der Waals surface area contributed by atoms with E-state index >= 15 is 0 Å². The van der Waals surface area contributed by atoms with Crippen molar-refractivity contribution in [1.82, 2.24) is 19.5 Å². The molecule has 6 aromatic carbocycles. The number of benzene rings is 6. The second kappa shape index (κ2) is 15.6. The molecule has 0 bridgehead atoms. The van der Waals surface area contributed by atoms with E-state index in [0.717, 1.165) is 83.7 Å². The van der Waals surface area contributed by atoms with Crippen molar-refractivity contribution in [2.45, 2.75) is 0 Å². The van der Waals surface area contributed by atoms with E-state index in [1.165, 1.54) is 10.8 Å². The van der Waals surface area contributed by atoms with Crippen molar-refractivity contribution in [3.8, 4) is 50.7 Å². The summed E-state index contributed by atoms with van der Waals surface area (Å²) in [6.45, 7) is 0. The third-order valence-corrected chi connectivity index (χ3v) is 9.90. The largest absolute Gasteiger partial charge is 3.00 e. The van der Waals surface area contributed by atoms with Crippen LogP contribution in [0.1, 0.15) is 0 Å². The summed E-state index contributed by atoms with van der Waals surface area (Å²) in [5, 5.41) is 4.66. The fourth-order valence-electron chi connectivity index (χ4n) is 7.30. The van der Waals surface area contributed by atoms with Gasteiger partial charge < -0.3 is 8.98 Å². The molecule has 0 radical (unpaired) electrons. The minimum Gasteiger partial charge on any atom is -0.456 e. The van der Waals surface area contributed by atoms with Crippen molar-refractivity contribution in [3.05, 3.63) is 207 Å². The molecular weight excluding hydrogens is 877 g/mol. The first kappa shape index (κ1) is 35.7. The van der Waals surface area contributed by atoms with Crippen LogP contribution in [0.25, 0.3) is 94.5 Å². The number of rotatable bonds is 5. The predicted molar refractivity (Wildman–Crippen MR) is 226 cm³/mol. The van der Waals surface area contributed by atoms with Gasteiger partial charge in [0.05, 0.1) is 0 Å². The molecule has 270 valence electrons. The number of hydrogen-bond acceptors (Lipinski definition) is 4. The van der Waals surface area contributed by atoms with Crippen LogP contribution in [-0.4, -0.2) is 19.5 Å². The zero-order valence-corrected chi connectivity index (χ0v) is 32.8. The van der Waals surface area contributed by atoms with Crippen LogP contribution in [0.4, 0.5) is 0 Å². The van der Waals surface area contributed by atoms with Crippen LogP contribution in [0.2, 0.25) is 0 Å². The number of furan rings is 1. The molecule has 57 heavy (non-hydrogen) atoms. The van der Waals surface area contributed by atoms with Gasteiger partial charge in [-0.15, -0.1) is 59.5 Å². The van der Waals surface area contributed by atoms with E-state index in [4.69, 9.17) is 9.40 Å². The van der Waals surface area contributed by atoms with Gasteiger partial charge in [-0.3, -0.25) is 15.0 Å². The van der Waals surface area contributed by atoms with Crippen molar-refractivity contribution in [2.75, 3.05) is 0 Å². The summed E-state index contributed by atoms with van der Waals surface area (Å²) in [6.07, 6.45) is 3.60. The molecule has 0 N–H and O–H groups in total. The first-order valence-electron chi connectivity index (χ1n) is 18.4. The quantitative estimate of drug-likeness (QED) is 0.161. The van der Waals surface area contributed by atoms with Crippen molar-refractivity contribution in [1.29, 1.82) is 0 Å². The first-order chi connectivity index (χ1) is 27.8. The smallest absolute Gasteiger partial charge is 0.456 e. The van der Waals surface area contributed by atoms with E-state index < -0.39 is 0 Å². The van der Waals surface area contributed by atoms with Crippen molar-refractivity contribution >= 4 is 43.7 Å². The summed E-state index contributed by atoms with van der Waals surface area (Å²) < 4.78 is 8.29. The van der Waals surface area contributed by atoms with Gasteiger partial charge in [0, 0.05) is 40.1 Å². The molecule has 0 aliphatic rings. The summed E-state index contributed by atoms with van der Waals surface area (Å²) >= 11 is 0. The maximum Gasteiger partial charge on any atom is 3.00 e. The molecule has 0 unspecified atom stereocenters. The van der Waals surface area contributed by atoms with Crippen LogP contribution < -0.4 is 0 Å². The van der Waals surface area contributed by atoms with E-state index in [1.54, 1.807) is 12.4 Å².